The average Bonchev–Trinajstić information content (AvgIpc) is 2.57. The van der Waals surface area contributed by atoms with Gasteiger partial charge in [0.2, 0.25) is 10.0 Å². The third kappa shape index (κ3) is 3.68. The fourth-order valence-corrected chi connectivity index (χ4v) is 4.58. The summed E-state index contributed by atoms with van der Waals surface area (Å²) in [6, 6.07) is 8.70. The molecular weight excluding hydrogens is 300 g/mol. The van der Waals surface area contributed by atoms with Crippen molar-refractivity contribution in [1.82, 2.24) is 9.21 Å². The standard InChI is InChI=1S/C16H24N2O3S/c19-22(20,16-7-2-1-3-8-16)18-11-9-17(10-12-18)14-15-6-4-5-13-21-15/h1-3,7-8,15H,4-6,9-14H2/t15-/m0/s1. The van der Waals surface area contributed by atoms with Crippen LogP contribution in [0.15, 0.2) is 35.2 Å². The third-order valence-corrected chi connectivity index (χ3v) is 6.36. The number of sulfonamides is 1. The van der Waals surface area contributed by atoms with Gasteiger partial charge in [-0.15, -0.1) is 0 Å². The van der Waals surface area contributed by atoms with Gasteiger partial charge in [0.05, 0.1) is 11.0 Å². The summed E-state index contributed by atoms with van der Waals surface area (Å²) in [6.45, 7) is 4.48. The summed E-state index contributed by atoms with van der Waals surface area (Å²) in [5, 5.41) is 0. The lowest BCUT2D eigenvalue weighted by atomic mass is 10.1. The molecule has 2 aliphatic rings. The second kappa shape index (κ2) is 7.08. The maximum atomic E-state index is 12.6. The summed E-state index contributed by atoms with van der Waals surface area (Å²) in [5.41, 5.74) is 0. The van der Waals surface area contributed by atoms with Crippen molar-refractivity contribution < 1.29 is 13.2 Å². The topological polar surface area (TPSA) is 49.9 Å². The van der Waals surface area contributed by atoms with E-state index in [1.54, 1.807) is 28.6 Å². The van der Waals surface area contributed by atoms with Crippen molar-refractivity contribution in [3.8, 4) is 0 Å². The minimum Gasteiger partial charge on any atom is -0.377 e. The molecule has 0 radical (unpaired) electrons. The molecule has 6 heteroatoms. The Kier molecular flexibility index (Phi) is 5.13. The molecule has 0 unspecified atom stereocenters. The Labute approximate surface area is 132 Å². The number of rotatable bonds is 4. The van der Waals surface area contributed by atoms with Crippen LogP contribution in [0, 0.1) is 0 Å². The number of benzene rings is 1. The van der Waals surface area contributed by atoms with Crippen LogP contribution in [-0.2, 0) is 14.8 Å². The van der Waals surface area contributed by atoms with Crippen molar-refractivity contribution in [2.24, 2.45) is 0 Å². The van der Waals surface area contributed by atoms with Gasteiger partial charge in [-0.25, -0.2) is 8.42 Å². The summed E-state index contributed by atoms with van der Waals surface area (Å²) in [6.07, 6.45) is 3.86. The Morgan fingerprint density at radius 2 is 1.77 bits per heavy atom. The fourth-order valence-electron chi connectivity index (χ4n) is 3.13. The highest BCUT2D eigenvalue weighted by Crippen LogP contribution is 2.19. The number of hydrogen-bond acceptors (Lipinski definition) is 4. The molecule has 1 atom stereocenters. The van der Waals surface area contributed by atoms with E-state index in [0.717, 1.165) is 32.7 Å². The molecule has 0 amide bonds. The molecule has 2 heterocycles. The van der Waals surface area contributed by atoms with Crippen LogP contribution in [-0.4, -0.2) is 63.1 Å². The average molecular weight is 324 g/mol. The molecule has 0 bridgehead atoms. The Balaban J connectivity index is 1.55. The van der Waals surface area contributed by atoms with E-state index in [2.05, 4.69) is 4.90 Å². The highest BCUT2D eigenvalue weighted by atomic mass is 32.2. The molecule has 5 nitrogen and oxygen atoms in total. The SMILES string of the molecule is O=S(=O)(c1ccccc1)N1CCN(C[C@@H]2CCCCO2)CC1. The van der Waals surface area contributed by atoms with Gasteiger partial charge in [-0.1, -0.05) is 18.2 Å². The maximum Gasteiger partial charge on any atom is 0.243 e. The molecule has 2 fully saturated rings. The first-order chi connectivity index (χ1) is 10.7. The molecule has 0 saturated carbocycles. The van der Waals surface area contributed by atoms with Crippen molar-refractivity contribution in [3.63, 3.8) is 0 Å². The molecule has 2 aliphatic heterocycles. The summed E-state index contributed by atoms with van der Waals surface area (Å²) >= 11 is 0. The lowest BCUT2D eigenvalue weighted by Gasteiger charge is -2.36. The van der Waals surface area contributed by atoms with Crippen LogP contribution in [0.4, 0.5) is 0 Å². The molecule has 0 aromatic heterocycles. The Morgan fingerprint density at radius 1 is 1.05 bits per heavy atom. The number of hydrogen-bond donors (Lipinski definition) is 0. The van der Waals surface area contributed by atoms with Gasteiger partial charge >= 0.3 is 0 Å². The number of piperazine rings is 1. The summed E-state index contributed by atoms with van der Waals surface area (Å²) in [4.78, 5) is 2.71. The van der Waals surface area contributed by atoms with Crippen LogP contribution in [0.25, 0.3) is 0 Å². The van der Waals surface area contributed by atoms with Crippen LogP contribution in [0.2, 0.25) is 0 Å². The van der Waals surface area contributed by atoms with E-state index in [1.165, 1.54) is 12.8 Å². The lowest BCUT2D eigenvalue weighted by Crippen LogP contribution is -2.50. The van der Waals surface area contributed by atoms with Gasteiger partial charge in [-0.3, -0.25) is 4.90 Å². The van der Waals surface area contributed by atoms with Crippen LogP contribution in [0.3, 0.4) is 0 Å². The van der Waals surface area contributed by atoms with E-state index in [0.29, 0.717) is 24.1 Å². The largest absolute Gasteiger partial charge is 0.377 e. The summed E-state index contributed by atoms with van der Waals surface area (Å²) in [7, 11) is -3.34. The monoisotopic (exact) mass is 324 g/mol. The molecule has 2 saturated heterocycles. The predicted octanol–water partition coefficient (Wildman–Crippen LogP) is 1.56. The Morgan fingerprint density at radius 3 is 2.41 bits per heavy atom. The van der Waals surface area contributed by atoms with Crippen molar-refractivity contribution in [2.45, 2.75) is 30.3 Å². The quantitative estimate of drug-likeness (QED) is 0.843. The highest BCUT2D eigenvalue weighted by molar-refractivity contribution is 7.89. The van der Waals surface area contributed by atoms with Gasteiger partial charge in [-0.2, -0.15) is 4.31 Å². The van der Waals surface area contributed by atoms with Crippen molar-refractivity contribution in [3.05, 3.63) is 30.3 Å². The minimum atomic E-state index is -3.34. The van der Waals surface area contributed by atoms with Gasteiger partial charge in [0.15, 0.2) is 0 Å². The van der Waals surface area contributed by atoms with Gasteiger partial charge in [0.25, 0.3) is 0 Å². The van der Waals surface area contributed by atoms with Gasteiger partial charge in [-0.05, 0) is 31.4 Å². The second-order valence-electron chi connectivity index (χ2n) is 6.01. The first kappa shape index (κ1) is 15.9. The molecule has 1 aromatic carbocycles. The zero-order valence-electron chi connectivity index (χ0n) is 12.9. The molecule has 0 aliphatic carbocycles. The molecule has 3 rings (SSSR count). The van der Waals surface area contributed by atoms with Crippen LogP contribution < -0.4 is 0 Å². The van der Waals surface area contributed by atoms with Crippen molar-refractivity contribution in [2.75, 3.05) is 39.3 Å². The minimum absolute atomic E-state index is 0.325. The van der Waals surface area contributed by atoms with E-state index in [9.17, 15) is 8.42 Å². The molecule has 22 heavy (non-hydrogen) atoms. The molecule has 0 spiro atoms. The number of ether oxygens (including phenoxy) is 1. The fraction of sp³-hybridized carbons (Fsp3) is 0.625. The van der Waals surface area contributed by atoms with Gasteiger partial charge in [0.1, 0.15) is 0 Å². The lowest BCUT2D eigenvalue weighted by molar-refractivity contribution is -0.0103. The third-order valence-electron chi connectivity index (χ3n) is 4.45. The van der Waals surface area contributed by atoms with Crippen molar-refractivity contribution >= 4 is 10.0 Å². The normalized spacial score (nSPS) is 25.2. The van der Waals surface area contributed by atoms with E-state index in [4.69, 9.17) is 4.74 Å². The molecule has 122 valence electrons. The molecular formula is C16H24N2O3S. The van der Waals surface area contributed by atoms with Gasteiger partial charge < -0.3 is 4.74 Å². The zero-order chi connectivity index (χ0) is 15.4. The van der Waals surface area contributed by atoms with E-state index in [-0.39, 0.29) is 0 Å². The zero-order valence-corrected chi connectivity index (χ0v) is 13.7. The van der Waals surface area contributed by atoms with E-state index >= 15 is 0 Å². The second-order valence-corrected chi connectivity index (χ2v) is 7.94. The maximum absolute atomic E-state index is 12.6. The molecule has 1 aromatic rings. The summed E-state index contributed by atoms with van der Waals surface area (Å²) < 4.78 is 32.5. The Bertz CT molecular complexity index is 562. The first-order valence-corrected chi connectivity index (χ1v) is 9.49. The van der Waals surface area contributed by atoms with E-state index < -0.39 is 10.0 Å². The first-order valence-electron chi connectivity index (χ1n) is 8.05. The highest BCUT2D eigenvalue weighted by Gasteiger charge is 2.29. The predicted molar refractivity (Wildman–Crippen MR) is 85.2 cm³/mol. The van der Waals surface area contributed by atoms with E-state index in [1.807, 2.05) is 6.07 Å². The smallest absolute Gasteiger partial charge is 0.243 e. The van der Waals surface area contributed by atoms with Gasteiger partial charge in [0, 0.05) is 39.3 Å². The van der Waals surface area contributed by atoms with Crippen LogP contribution in [0.1, 0.15) is 19.3 Å². The molecule has 0 N–H and O–H groups in total. The van der Waals surface area contributed by atoms with Crippen LogP contribution >= 0.6 is 0 Å². The number of nitrogens with zero attached hydrogens (tertiary/aromatic N) is 2. The van der Waals surface area contributed by atoms with Crippen molar-refractivity contribution in [1.29, 1.82) is 0 Å². The Hall–Kier alpha value is -0.950. The van der Waals surface area contributed by atoms with Crippen LogP contribution in [0.5, 0.6) is 0 Å². The summed E-state index contributed by atoms with van der Waals surface area (Å²) in [5.74, 6) is 0.